The maximum Gasteiger partial charge on any atom is 0.289 e. The number of carbonyl (C=O) groups excluding carboxylic acids is 1. The molecule has 2 N–H and O–H groups in total. The number of amides is 1. The predicted molar refractivity (Wildman–Crippen MR) is 155 cm³/mol. The fourth-order valence-electron chi connectivity index (χ4n) is 4.03. The summed E-state index contributed by atoms with van der Waals surface area (Å²) in [5.74, 6) is 1.19. The molecule has 0 unspecified atom stereocenters. The van der Waals surface area contributed by atoms with Gasteiger partial charge in [0.1, 0.15) is 23.8 Å². The van der Waals surface area contributed by atoms with Crippen LogP contribution in [-0.4, -0.2) is 28.9 Å². The number of H-pyrrole nitrogens is 1. The molecule has 7 heteroatoms. The Morgan fingerprint density at radius 2 is 1.67 bits per heavy atom. The molecule has 0 radical (unpaired) electrons. The molecule has 0 saturated carbocycles. The molecule has 4 rings (SSSR count). The number of benzene rings is 3. The van der Waals surface area contributed by atoms with Gasteiger partial charge < -0.3 is 9.47 Å². The summed E-state index contributed by atoms with van der Waals surface area (Å²) < 4.78 is 11.7. The first-order valence-electron chi connectivity index (χ1n) is 13.6. The van der Waals surface area contributed by atoms with Gasteiger partial charge in [-0.2, -0.15) is 10.2 Å². The van der Waals surface area contributed by atoms with Gasteiger partial charge in [0.05, 0.1) is 18.5 Å². The third-order valence-electron chi connectivity index (χ3n) is 6.23. The number of nitrogens with one attached hydrogen (secondary N) is 2. The molecule has 4 aromatic rings. The van der Waals surface area contributed by atoms with Gasteiger partial charge in [0.25, 0.3) is 5.91 Å². The van der Waals surface area contributed by atoms with Gasteiger partial charge in [-0.3, -0.25) is 9.89 Å². The molecule has 3 aromatic carbocycles. The van der Waals surface area contributed by atoms with E-state index in [2.05, 4.69) is 27.6 Å². The second-order valence-electron chi connectivity index (χ2n) is 9.35. The fraction of sp³-hybridized carbons (Fsp3) is 0.281. The van der Waals surface area contributed by atoms with Crippen molar-refractivity contribution in [3.05, 3.63) is 102 Å². The van der Waals surface area contributed by atoms with Crippen LogP contribution < -0.4 is 14.9 Å². The van der Waals surface area contributed by atoms with Crippen molar-refractivity contribution >= 4 is 12.1 Å². The molecule has 0 bridgehead atoms. The summed E-state index contributed by atoms with van der Waals surface area (Å²) in [5.41, 5.74) is 6.34. The number of aromatic amines is 1. The third kappa shape index (κ3) is 9.14. The van der Waals surface area contributed by atoms with Crippen LogP contribution in [-0.2, 0) is 6.61 Å². The average molecular weight is 525 g/mol. The Labute approximate surface area is 230 Å². The van der Waals surface area contributed by atoms with Crippen LogP contribution in [0.4, 0.5) is 0 Å². The average Bonchev–Trinajstić information content (AvgIpc) is 3.47. The minimum Gasteiger partial charge on any atom is -0.494 e. The maximum atomic E-state index is 12.5. The highest BCUT2D eigenvalue weighted by atomic mass is 16.5. The van der Waals surface area contributed by atoms with Crippen LogP contribution in [0, 0.1) is 0 Å². The molecule has 1 amide bonds. The van der Waals surface area contributed by atoms with Crippen molar-refractivity contribution in [2.75, 3.05) is 6.61 Å². The first kappa shape index (κ1) is 27.6. The molecule has 0 aliphatic carbocycles. The zero-order valence-electron chi connectivity index (χ0n) is 22.4. The summed E-state index contributed by atoms with van der Waals surface area (Å²) in [4.78, 5) is 12.5. The fourth-order valence-corrected chi connectivity index (χ4v) is 4.03. The molecular weight excluding hydrogens is 488 g/mol. The van der Waals surface area contributed by atoms with Crippen LogP contribution in [0.15, 0.2) is 90.0 Å². The maximum absolute atomic E-state index is 12.5. The normalized spacial score (nSPS) is 11.0. The van der Waals surface area contributed by atoms with Gasteiger partial charge in [-0.05, 0) is 60.0 Å². The molecule has 202 valence electrons. The standard InChI is InChI=1S/C32H36N4O3/c1-2-3-4-5-6-10-20-38-28-18-16-27(17-19-28)30-22-31(35-34-30)32(37)36-33-23-26-14-11-15-29(21-26)39-24-25-12-8-7-9-13-25/h7-9,11-19,21-23H,2-6,10,20,24H2,1H3,(H,34,35)(H,36,37)/b33-23+. The Morgan fingerprint density at radius 1 is 0.872 bits per heavy atom. The predicted octanol–water partition coefficient (Wildman–Crippen LogP) is 7.16. The number of unbranched alkanes of at least 4 members (excludes halogenated alkanes) is 5. The highest BCUT2D eigenvalue weighted by molar-refractivity contribution is 5.94. The summed E-state index contributed by atoms with van der Waals surface area (Å²) in [5, 5.41) is 11.1. The van der Waals surface area contributed by atoms with Crippen molar-refractivity contribution in [3.8, 4) is 22.8 Å². The van der Waals surface area contributed by atoms with Crippen LogP contribution in [0.5, 0.6) is 11.5 Å². The number of hydrogen-bond acceptors (Lipinski definition) is 5. The van der Waals surface area contributed by atoms with Crippen molar-refractivity contribution in [2.45, 2.75) is 52.1 Å². The van der Waals surface area contributed by atoms with E-state index in [0.717, 1.165) is 41.2 Å². The molecule has 0 fully saturated rings. The van der Waals surface area contributed by atoms with Gasteiger partial charge in [0.15, 0.2) is 0 Å². The van der Waals surface area contributed by atoms with Crippen LogP contribution in [0.1, 0.15) is 67.1 Å². The lowest BCUT2D eigenvalue weighted by molar-refractivity contribution is 0.0950. The molecular formula is C32H36N4O3. The quantitative estimate of drug-likeness (QED) is 0.0981. The Morgan fingerprint density at radius 3 is 2.49 bits per heavy atom. The molecule has 0 aliphatic rings. The molecule has 1 heterocycles. The number of carbonyl (C=O) groups is 1. The minimum absolute atomic E-state index is 0.325. The summed E-state index contributed by atoms with van der Waals surface area (Å²) in [6.07, 6.45) is 9.00. The summed E-state index contributed by atoms with van der Waals surface area (Å²) in [6.45, 7) is 3.44. The number of ether oxygens (including phenoxy) is 2. The van der Waals surface area contributed by atoms with Crippen LogP contribution in [0.3, 0.4) is 0 Å². The SMILES string of the molecule is CCCCCCCCOc1ccc(-c2cc(C(=O)N/N=C/c3cccc(OCc4ccccc4)c3)[nH]n2)cc1. The smallest absolute Gasteiger partial charge is 0.289 e. The Kier molecular flexibility index (Phi) is 10.7. The van der Waals surface area contributed by atoms with Crippen LogP contribution >= 0.6 is 0 Å². The van der Waals surface area contributed by atoms with Gasteiger partial charge in [0.2, 0.25) is 0 Å². The number of rotatable bonds is 15. The molecule has 0 saturated heterocycles. The molecule has 7 nitrogen and oxygen atoms in total. The largest absolute Gasteiger partial charge is 0.494 e. The third-order valence-corrected chi connectivity index (χ3v) is 6.23. The highest BCUT2D eigenvalue weighted by Gasteiger charge is 2.10. The summed E-state index contributed by atoms with van der Waals surface area (Å²) >= 11 is 0. The van der Waals surface area contributed by atoms with E-state index in [4.69, 9.17) is 9.47 Å². The number of nitrogens with zero attached hydrogens (tertiary/aromatic N) is 2. The lowest BCUT2D eigenvalue weighted by atomic mass is 10.1. The zero-order chi connectivity index (χ0) is 27.1. The van der Waals surface area contributed by atoms with Gasteiger partial charge in [-0.15, -0.1) is 0 Å². The number of aromatic nitrogens is 2. The van der Waals surface area contributed by atoms with E-state index in [1.807, 2.05) is 78.9 Å². The Hall–Kier alpha value is -4.39. The van der Waals surface area contributed by atoms with E-state index in [0.29, 0.717) is 18.0 Å². The Balaban J connectivity index is 1.23. The van der Waals surface area contributed by atoms with Crippen molar-refractivity contribution in [2.24, 2.45) is 5.10 Å². The monoisotopic (exact) mass is 524 g/mol. The van der Waals surface area contributed by atoms with E-state index in [1.165, 1.54) is 32.1 Å². The van der Waals surface area contributed by atoms with Crippen molar-refractivity contribution in [3.63, 3.8) is 0 Å². The van der Waals surface area contributed by atoms with E-state index >= 15 is 0 Å². The Bertz CT molecular complexity index is 1320. The molecule has 0 aliphatic heterocycles. The topological polar surface area (TPSA) is 88.6 Å². The van der Waals surface area contributed by atoms with Crippen LogP contribution in [0.2, 0.25) is 0 Å². The first-order valence-corrected chi connectivity index (χ1v) is 13.6. The lowest BCUT2D eigenvalue weighted by Gasteiger charge is -2.06. The van der Waals surface area contributed by atoms with Gasteiger partial charge in [-0.1, -0.05) is 81.5 Å². The molecule has 1 aromatic heterocycles. The van der Waals surface area contributed by atoms with Gasteiger partial charge in [-0.25, -0.2) is 5.43 Å². The molecule has 0 atom stereocenters. The molecule has 0 spiro atoms. The van der Waals surface area contributed by atoms with Crippen LogP contribution in [0.25, 0.3) is 11.3 Å². The lowest BCUT2D eigenvalue weighted by Crippen LogP contribution is -2.18. The number of hydrazone groups is 1. The van der Waals surface area contributed by atoms with Gasteiger partial charge in [0, 0.05) is 5.56 Å². The van der Waals surface area contributed by atoms with Crippen molar-refractivity contribution < 1.29 is 14.3 Å². The van der Waals surface area contributed by atoms with E-state index in [-0.39, 0.29) is 5.91 Å². The first-order chi connectivity index (χ1) is 19.2. The van der Waals surface area contributed by atoms with E-state index in [1.54, 1.807) is 12.3 Å². The number of hydrogen-bond donors (Lipinski definition) is 2. The zero-order valence-corrected chi connectivity index (χ0v) is 22.4. The molecule has 39 heavy (non-hydrogen) atoms. The van der Waals surface area contributed by atoms with E-state index in [9.17, 15) is 4.79 Å². The van der Waals surface area contributed by atoms with E-state index < -0.39 is 0 Å². The minimum atomic E-state index is -0.375. The summed E-state index contributed by atoms with van der Waals surface area (Å²) in [6, 6.07) is 27.0. The van der Waals surface area contributed by atoms with Gasteiger partial charge >= 0.3 is 0 Å². The van der Waals surface area contributed by atoms with Crippen molar-refractivity contribution in [1.82, 2.24) is 15.6 Å². The summed E-state index contributed by atoms with van der Waals surface area (Å²) in [7, 11) is 0. The highest BCUT2D eigenvalue weighted by Crippen LogP contribution is 2.22. The second-order valence-corrected chi connectivity index (χ2v) is 9.35. The van der Waals surface area contributed by atoms with Crippen molar-refractivity contribution in [1.29, 1.82) is 0 Å². The second kappa shape index (κ2) is 15.1.